The van der Waals surface area contributed by atoms with Crippen LogP contribution in [0.3, 0.4) is 0 Å². The normalized spacial score (nSPS) is 11.5. The van der Waals surface area contributed by atoms with Crippen LogP contribution in [0.15, 0.2) is 24.8 Å². The van der Waals surface area contributed by atoms with E-state index in [4.69, 9.17) is 5.41 Å². The fraction of sp³-hybridized carbons (Fsp3) is 0.300. The molecule has 0 aromatic carbocycles. The van der Waals surface area contributed by atoms with Crippen LogP contribution in [0.5, 0.6) is 0 Å². The minimum atomic E-state index is -0.773. The van der Waals surface area contributed by atoms with Crippen molar-refractivity contribution in [3.05, 3.63) is 24.8 Å². The average Bonchev–Trinajstić information content (AvgIpc) is 2.12. The molecule has 0 aromatic rings. The Morgan fingerprint density at radius 2 is 1.92 bits per heavy atom. The third kappa shape index (κ3) is 2.78. The molecule has 0 saturated heterocycles. The van der Waals surface area contributed by atoms with E-state index in [9.17, 15) is 9.59 Å². The maximum Gasteiger partial charge on any atom is 0.174 e. The molecular weight excluding hydrogens is 166 g/mol. The van der Waals surface area contributed by atoms with Gasteiger partial charge in [-0.25, -0.2) is 0 Å². The summed E-state index contributed by atoms with van der Waals surface area (Å²) >= 11 is 0. The van der Waals surface area contributed by atoms with E-state index in [1.165, 1.54) is 13.8 Å². The maximum absolute atomic E-state index is 11.4. The second-order valence-corrected chi connectivity index (χ2v) is 2.80. The Hall–Kier alpha value is -1.51. The summed E-state index contributed by atoms with van der Waals surface area (Å²) in [5.41, 5.74) is 0.177. The SMILES string of the molecule is C=CC(=O)C(C)C(=O)C(=C)C(C)=N. The molecule has 0 fully saturated rings. The number of carbonyl (C=O) groups is 2. The summed E-state index contributed by atoms with van der Waals surface area (Å²) in [5, 5.41) is 7.16. The molecule has 3 nitrogen and oxygen atoms in total. The molecule has 0 amide bonds. The quantitative estimate of drug-likeness (QED) is 0.395. The van der Waals surface area contributed by atoms with Crippen LogP contribution in [0.1, 0.15) is 13.8 Å². The van der Waals surface area contributed by atoms with Crippen LogP contribution >= 0.6 is 0 Å². The molecule has 13 heavy (non-hydrogen) atoms. The average molecular weight is 179 g/mol. The van der Waals surface area contributed by atoms with Gasteiger partial charge in [0.1, 0.15) is 0 Å². The molecule has 1 atom stereocenters. The van der Waals surface area contributed by atoms with E-state index in [1.807, 2.05) is 0 Å². The molecule has 0 aliphatic rings. The van der Waals surface area contributed by atoms with Crippen molar-refractivity contribution in [3.8, 4) is 0 Å². The molecule has 0 rings (SSSR count). The third-order valence-electron chi connectivity index (χ3n) is 1.77. The van der Waals surface area contributed by atoms with Gasteiger partial charge in [-0.3, -0.25) is 9.59 Å². The summed E-state index contributed by atoms with van der Waals surface area (Å²) in [6, 6.07) is 0. The highest BCUT2D eigenvalue weighted by Gasteiger charge is 2.21. The van der Waals surface area contributed by atoms with Gasteiger partial charge >= 0.3 is 0 Å². The van der Waals surface area contributed by atoms with E-state index < -0.39 is 11.7 Å². The first-order chi connectivity index (χ1) is 5.91. The number of hydrogen-bond acceptors (Lipinski definition) is 3. The highest BCUT2D eigenvalue weighted by molar-refractivity contribution is 6.25. The van der Waals surface area contributed by atoms with Gasteiger partial charge in [-0.05, 0) is 19.9 Å². The van der Waals surface area contributed by atoms with Gasteiger partial charge in [-0.1, -0.05) is 13.2 Å². The van der Waals surface area contributed by atoms with Gasteiger partial charge in [0.15, 0.2) is 11.6 Å². The van der Waals surface area contributed by atoms with Gasteiger partial charge < -0.3 is 5.41 Å². The Kier molecular flexibility index (Phi) is 3.98. The Bertz CT molecular complexity index is 289. The van der Waals surface area contributed by atoms with Gasteiger partial charge in [-0.15, -0.1) is 0 Å². The number of nitrogens with one attached hydrogen (secondary N) is 1. The smallest absolute Gasteiger partial charge is 0.174 e. The van der Waals surface area contributed by atoms with Gasteiger partial charge in [0.05, 0.1) is 5.92 Å². The molecule has 1 unspecified atom stereocenters. The molecule has 0 saturated carbocycles. The number of rotatable bonds is 5. The largest absolute Gasteiger partial charge is 0.305 e. The van der Waals surface area contributed by atoms with Crippen molar-refractivity contribution in [2.75, 3.05) is 0 Å². The molecule has 0 aliphatic carbocycles. The summed E-state index contributed by atoms with van der Waals surface area (Å²) in [5.74, 6) is -1.52. The summed E-state index contributed by atoms with van der Waals surface area (Å²) in [6.07, 6.45) is 1.11. The van der Waals surface area contributed by atoms with E-state index in [-0.39, 0.29) is 17.1 Å². The molecule has 0 aliphatic heterocycles. The molecule has 3 heteroatoms. The van der Waals surface area contributed by atoms with Crippen LogP contribution < -0.4 is 0 Å². The second kappa shape index (κ2) is 4.50. The molecule has 0 heterocycles. The number of allylic oxidation sites excluding steroid dienone is 2. The van der Waals surface area contributed by atoms with Crippen molar-refractivity contribution in [3.63, 3.8) is 0 Å². The minimum Gasteiger partial charge on any atom is -0.305 e. The number of Topliss-reactive ketones (excluding diaryl/α,β-unsaturated/α-hetero) is 1. The second-order valence-electron chi connectivity index (χ2n) is 2.80. The predicted molar refractivity (Wildman–Crippen MR) is 51.9 cm³/mol. The lowest BCUT2D eigenvalue weighted by molar-refractivity contribution is -0.126. The summed E-state index contributed by atoms with van der Waals surface area (Å²) in [4.78, 5) is 22.4. The van der Waals surface area contributed by atoms with Crippen molar-refractivity contribution in [1.82, 2.24) is 0 Å². The highest BCUT2D eigenvalue weighted by atomic mass is 16.1. The minimum absolute atomic E-state index is 0.0858. The summed E-state index contributed by atoms with van der Waals surface area (Å²) in [6.45, 7) is 9.66. The van der Waals surface area contributed by atoms with E-state index >= 15 is 0 Å². The van der Waals surface area contributed by atoms with E-state index in [1.54, 1.807) is 0 Å². The molecule has 0 spiro atoms. The van der Waals surface area contributed by atoms with Crippen LogP contribution in [0.25, 0.3) is 0 Å². The lowest BCUT2D eigenvalue weighted by Crippen LogP contribution is -2.23. The first kappa shape index (κ1) is 11.5. The predicted octanol–water partition coefficient (Wildman–Crippen LogP) is 1.54. The fourth-order valence-electron chi connectivity index (χ4n) is 0.752. The molecule has 70 valence electrons. The number of hydrogen-bond donors (Lipinski definition) is 1. The number of ketones is 2. The van der Waals surface area contributed by atoms with E-state index in [0.717, 1.165) is 6.08 Å². The lowest BCUT2D eigenvalue weighted by atomic mass is 9.94. The third-order valence-corrected chi connectivity index (χ3v) is 1.77. The van der Waals surface area contributed by atoms with Crippen molar-refractivity contribution in [1.29, 1.82) is 5.41 Å². The van der Waals surface area contributed by atoms with Crippen LogP contribution in [-0.4, -0.2) is 17.3 Å². The maximum atomic E-state index is 11.4. The topological polar surface area (TPSA) is 58.0 Å². The van der Waals surface area contributed by atoms with Crippen molar-refractivity contribution in [2.24, 2.45) is 5.92 Å². The van der Waals surface area contributed by atoms with Crippen molar-refractivity contribution >= 4 is 17.3 Å². The Morgan fingerprint density at radius 1 is 1.46 bits per heavy atom. The first-order valence-electron chi connectivity index (χ1n) is 3.86. The van der Waals surface area contributed by atoms with Crippen LogP contribution in [-0.2, 0) is 9.59 Å². The Morgan fingerprint density at radius 3 is 2.23 bits per heavy atom. The molecule has 0 radical (unpaired) electrons. The van der Waals surface area contributed by atoms with Crippen molar-refractivity contribution in [2.45, 2.75) is 13.8 Å². The first-order valence-corrected chi connectivity index (χ1v) is 3.86. The van der Waals surface area contributed by atoms with Gasteiger partial charge in [-0.2, -0.15) is 0 Å². The van der Waals surface area contributed by atoms with Crippen molar-refractivity contribution < 1.29 is 9.59 Å². The Labute approximate surface area is 77.7 Å². The monoisotopic (exact) mass is 179 g/mol. The fourth-order valence-corrected chi connectivity index (χ4v) is 0.752. The Balaban J connectivity index is 4.61. The summed E-state index contributed by atoms with van der Waals surface area (Å²) < 4.78 is 0. The van der Waals surface area contributed by atoms with Crippen LogP contribution in [0, 0.1) is 11.3 Å². The molecular formula is C10H13NO2. The molecule has 0 aromatic heterocycles. The van der Waals surface area contributed by atoms with Gasteiger partial charge in [0, 0.05) is 11.3 Å². The zero-order chi connectivity index (χ0) is 10.6. The summed E-state index contributed by atoms with van der Waals surface area (Å²) in [7, 11) is 0. The van der Waals surface area contributed by atoms with Gasteiger partial charge in [0.2, 0.25) is 0 Å². The van der Waals surface area contributed by atoms with Crippen LogP contribution in [0.2, 0.25) is 0 Å². The van der Waals surface area contributed by atoms with E-state index in [0.29, 0.717) is 0 Å². The van der Waals surface area contributed by atoms with Crippen LogP contribution in [0.4, 0.5) is 0 Å². The lowest BCUT2D eigenvalue weighted by Gasteiger charge is -2.07. The molecule has 0 bridgehead atoms. The van der Waals surface area contributed by atoms with Gasteiger partial charge in [0.25, 0.3) is 0 Å². The standard InChI is InChI=1S/C10H13NO2/c1-5-9(12)7(3)10(13)6(2)8(4)11/h5,7,11H,1-2H2,3-4H3. The molecule has 1 N–H and O–H groups in total. The number of carbonyl (C=O) groups excluding carboxylic acids is 2. The van der Waals surface area contributed by atoms with E-state index in [2.05, 4.69) is 13.2 Å². The zero-order valence-electron chi connectivity index (χ0n) is 7.89. The highest BCUT2D eigenvalue weighted by Crippen LogP contribution is 2.07. The zero-order valence-corrected chi connectivity index (χ0v) is 7.89.